The van der Waals surface area contributed by atoms with Crippen LogP contribution in [0.4, 0.5) is 0 Å². The summed E-state index contributed by atoms with van der Waals surface area (Å²) in [6, 6.07) is 0. The Labute approximate surface area is 86.5 Å². The normalized spacial score (nSPS) is 15.2. The minimum absolute atomic E-state index is 0.0434. The molecule has 0 fully saturated rings. The van der Waals surface area contributed by atoms with Gasteiger partial charge < -0.3 is 15.6 Å². The predicted octanol–water partition coefficient (Wildman–Crippen LogP) is 0.154. The van der Waals surface area contributed by atoms with E-state index in [2.05, 4.69) is 5.43 Å². The summed E-state index contributed by atoms with van der Waals surface area (Å²) in [5, 5.41) is 18.5. The van der Waals surface area contributed by atoms with Crippen molar-refractivity contribution in [3.63, 3.8) is 0 Å². The van der Waals surface area contributed by atoms with Gasteiger partial charge in [0, 0.05) is 12.4 Å². The minimum atomic E-state index is -0.956. The van der Waals surface area contributed by atoms with Gasteiger partial charge in [-0.2, -0.15) is 0 Å². The highest BCUT2D eigenvalue weighted by atomic mass is 16.4. The second kappa shape index (κ2) is 5.04. The molecule has 0 radical (unpaired) electrons. The van der Waals surface area contributed by atoms with E-state index in [1.54, 1.807) is 12.3 Å². The Balaban J connectivity index is 2.55. The maximum absolute atomic E-state index is 10.4. The first kappa shape index (κ1) is 11.1. The monoisotopic (exact) mass is 212 g/mol. The molecule has 82 valence electrons. The molecule has 0 atom stereocenters. The van der Waals surface area contributed by atoms with Crippen molar-refractivity contribution in [3.8, 4) is 0 Å². The van der Waals surface area contributed by atoms with E-state index in [0.717, 1.165) is 0 Å². The third-order valence-corrected chi connectivity index (χ3v) is 1.78. The Morgan fingerprint density at radius 1 is 1.40 bits per heavy atom. The molecule has 0 aromatic carbocycles. The number of carboxylic acid groups (broad SMARTS) is 2. The molecule has 0 bridgehead atoms. The Hall–Kier alpha value is -1.98. The molecule has 0 aromatic heterocycles. The van der Waals surface area contributed by atoms with Gasteiger partial charge in [0.2, 0.25) is 0 Å². The molecular formula is C9H12N2O4. The van der Waals surface area contributed by atoms with Gasteiger partial charge in [0.1, 0.15) is 6.54 Å². The van der Waals surface area contributed by atoms with Gasteiger partial charge in [0.15, 0.2) is 0 Å². The fraction of sp³-hybridized carbons (Fsp3) is 0.333. The fourth-order valence-corrected chi connectivity index (χ4v) is 1.17. The highest BCUT2D eigenvalue weighted by Crippen LogP contribution is 2.09. The molecule has 0 aliphatic carbocycles. The molecule has 15 heavy (non-hydrogen) atoms. The molecular weight excluding hydrogens is 200 g/mol. The molecule has 1 rings (SSSR count). The number of nitrogens with zero attached hydrogens (tertiary/aromatic N) is 1. The Morgan fingerprint density at radius 2 is 2.13 bits per heavy atom. The van der Waals surface area contributed by atoms with Crippen molar-refractivity contribution in [2.24, 2.45) is 0 Å². The van der Waals surface area contributed by atoms with Crippen LogP contribution >= 0.6 is 0 Å². The molecule has 0 aromatic rings. The number of rotatable bonds is 4. The van der Waals surface area contributed by atoms with Crippen LogP contribution in [-0.2, 0) is 9.59 Å². The number of allylic oxidation sites excluding steroid dienone is 1. The lowest BCUT2D eigenvalue weighted by molar-refractivity contribution is -0.138. The number of hydrogen-bond donors (Lipinski definition) is 3. The van der Waals surface area contributed by atoms with Crippen LogP contribution in [0.1, 0.15) is 12.8 Å². The predicted molar refractivity (Wildman–Crippen MR) is 51.6 cm³/mol. The second-order valence-electron chi connectivity index (χ2n) is 3.11. The van der Waals surface area contributed by atoms with Crippen LogP contribution in [0.15, 0.2) is 24.0 Å². The van der Waals surface area contributed by atoms with Crippen LogP contribution in [0, 0.1) is 0 Å². The minimum Gasteiger partial charge on any atom is -0.481 e. The lowest BCUT2D eigenvalue weighted by Gasteiger charge is -2.16. The largest absolute Gasteiger partial charge is 0.481 e. The third kappa shape index (κ3) is 4.17. The number of carboxylic acids is 2. The van der Waals surface area contributed by atoms with Crippen molar-refractivity contribution in [2.45, 2.75) is 12.8 Å². The summed E-state index contributed by atoms with van der Waals surface area (Å²) in [6.45, 7) is -0.173. The molecule has 6 heteroatoms. The maximum Gasteiger partial charge on any atom is 0.325 e. The topological polar surface area (TPSA) is 89.9 Å². The van der Waals surface area contributed by atoms with Crippen LogP contribution in [-0.4, -0.2) is 33.7 Å². The van der Waals surface area contributed by atoms with Crippen molar-refractivity contribution in [2.75, 3.05) is 6.54 Å². The van der Waals surface area contributed by atoms with E-state index >= 15 is 0 Å². The molecule has 0 saturated heterocycles. The zero-order chi connectivity index (χ0) is 11.3. The van der Waals surface area contributed by atoms with E-state index in [4.69, 9.17) is 10.2 Å². The van der Waals surface area contributed by atoms with E-state index in [9.17, 15) is 9.59 Å². The first-order valence-corrected chi connectivity index (χ1v) is 4.39. The fourth-order valence-electron chi connectivity index (χ4n) is 1.17. The number of carbonyl (C=O) groups is 2. The van der Waals surface area contributed by atoms with Gasteiger partial charge in [0.25, 0.3) is 0 Å². The summed E-state index contributed by atoms with van der Waals surface area (Å²) in [5.41, 5.74) is 3.41. The molecule has 3 N–H and O–H groups in total. The highest BCUT2D eigenvalue weighted by Gasteiger charge is 2.08. The van der Waals surface area contributed by atoms with Crippen molar-refractivity contribution in [1.29, 1.82) is 0 Å². The second-order valence-corrected chi connectivity index (χ2v) is 3.11. The Bertz CT molecular complexity index is 322. The van der Waals surface area contributed by atoms with Crippen molar-refractivity contribution in [1.82, 2.24) is 10.4 Å². The summed E-state index contributed by atoms with van der Waals surface area (Å²) < 4.78 is 0. The molecule has 1 aliphatic rings. The number of hydrazine groups is 1. The molecule has 0 saturated carbocycles. The van der Waals surface area contributed by atoms with Gasteiger partial charge >= 0.3 is 11.9 Å². The highest BCUT2D eigenvalue weighted by molar-refractivity contribution is 5.70. The smallest absolute Gasteiger partial charge is 0.325 e. The van der Waals surface area contributed by atoms with E-state index in [1.807, 2.05) is 0 Å². The summed E-state index contributed by atoms with van der Waals surface area (Å²) >= 11 is 0. The SMILES string of the molecule is O=C(O)CC1=CNN(CC(=O)O)C=CC1. The van der Waals surface area contributed by atoms with Gasteiger partial charge in [-0.1, -0.05) is 6.08 Å². The quantitative estimate of drug-likeness (QED) is 0.614. The van der Waals surface area contributed by atoms with Crippen LogP contribution in [0.5, 0.6) is 0 Å². The summed E-state index contributed by atoms with van der Waals surface area (Å²) in [6.07, 6.45) is 5.29. The number of hydrogen-bond acceptors (Lipinski definition) is 4. The van der Waals surface area contributed by atoms with E-state index in [0.29, 0.717) is 12.0 Å². The summed E-state index contributed by atoms with van der Waals surface area (Å²) in [4.78, 5) is 20.8. The lowest BCUT2D eigenvalue weighted by atomic mass is 10.1. The average Bonchev–Trinajstić information content (AvgIpc) is 2.29. The van der Waals surface area contributed by atoms with Gasteiger partial charge in [0.05, 0.1) is 6.42 Å². The zero-order valence-electron chi connectivity index (χ0n) is 8.01. The summed E-state index contributed by atoms with van der Waals surface area (Å²) in [5.74, 6) is -1.86. The molecule has 0 spiro atoms. The molecule has 0 amide bonds. The third-order valence-electron chi connectivity index (χ3n) is 1.78. The average molecular weight is 212 g/mol. The summed E-state index contributed by atoms with van der Waals surface area (Å²) in [7, 11) is 0. The lowest BCUT2D eigenvalue weighted by Crippen LogP contribution is -2.33. The van der Waals surface area contributed by atoms with Crippen molar-refractivity contribution < 1.29 is 19.8 Å². The van der Waals surface area contributed by atoms with Crippen LogP contribution in [0.25, 0.3) is 0 Å². The Kier molecular flexibility index (Phi) is 3.73. The number of nitrogens with one attached hydrogen (secondary N) is 1. The first-order valence-electron chi connectivity index (χ1n) is 4.39. The van der Waals surface area contributed by atoms with Gasteiger partial charge in [-0.15, -0.1) is 0 Å². The molecule has 0 unspecified atom stereocenters. The maximum atomic E-state index is 10.4. The van der Waals surface area contributed by atoms with E-state index in [1.165, 1.54) is 11.2 Å². The zero-order valence-corrected chi connectivity index (χ0v) is 8.01. The standard InChI is InChI=1S/C9H12N2O4/c12-8(13)4-7-2-1-3-11(10-5-7)6-9(14)15/h1,3,5,10H,2,4,6H2,(H,12,13)(H,14,15). The van der Waals surface area contributed by atoms with Crippen LogP contribution in [0.3, 0.4) is 0 Å². The van der Waals surface area contributed by atoms with Crippen LogP contribution < -0.4 is 5.43 Å². The van der Waals surface area contributed by atoms with Gasteiger partial charge in [-0.25, -0.2) is 0 Å². The molecule has 6 nitrogen and oxygen atoms in total. The van der Waals surface area contributed by atoms with E-state index < -0.39 is 11.9 Å². The van der Waals surface area contributed by atoms with Crippen molar-refractivity contribution >= 4 is 11.9 Å². The van der Waals surface area contributed by atoms with Crippen LogP contribution in [0.2, 0.25) is 0 Å². The molecule has 1 heterocycles. The van der Waals surface area contributed by atoms with Gasteiger partial charge in [-0.3, -0.25) is 14.6 Å². The van der Waals surface area contributed by atoms with E-state index in [-0.39, 0.29) is 13.0 Å². The Morgan fingerprint density at radius 3 is 2.73 bits per heavy atom. The van der Waals surface area contributed by atoms with Gasteiger partial charge in [-0.05, 0) is 12.0 Å². The van der Waals surface area contributed by atoms with Crippen molar-refractivity contribution in [3.05, 3.63) is 24.0 Å². The number of aliphatic carboxylic acids is 2. The molecule has 1 aliphatic heterocycles. The first-order chi connectivity index (χ1) is 7.08.